The van der Waals surface area contributed by atoms with Gasteiger partial charge in [-0.2, -0.15) is 4.99 Å². The second kappa shape index (κ2) is 9.96. The Morgan fingerprint density at radius 1 is 1.50 bits per heavy atom. The number of rotatable bonds is 7. The lowest BCUT2D eigenvalue weighted by atomic mass is 10.1. The van der Waals surface area contributed by atoms with Crippen molar-refractivity contribution in [3.63, 3.8) is 0 Å². The van der Waals surface area contributed by atoms with E-state index in [1.54, 1.807) is 21.6 Å². The lowest BCUT2D eigenvalue weighted by molar-refractivity contribution is 0.0561. The van der Waals surface area contributed by atoms with E-state index in [1.807, 2.05) is 6.26 Å². The van der Waals surface area contributed by atoms with Crippen LogP contribution in [0, 0.1) is 5.92 Å². The molecule has 1 unspecified atom stereocenters. The van der Waals surface area contributed by atoms with Crippen molar-refractivity contribution in [2.24, 2.45) is 10.9 Å². The topological polar surface area (TPSA) is 47.9 Å². The molecule has 0 heterocycles. The average Bonchev–Trinajstić information content (AvgIpc) is 2.24. The minimum absolute atomic E-state index is 0.135. The van der Waals surface area contributed by atoms with Crippen LogP contribution in [0.3, 0.4) is 0 Å². The summed E-state index contributed by atoms with van der Waals surface area (Å²) in [5.41, 5.74) is 0. The van der Waals surface area contributed by atoms with Gasteiger partial charge in [0.05, 0.1) is 10.4 Å². The lowest BCUT2D eigenvalue weighted by Crippen LogP contribution is -2.21. The fraction of sp³-hybridized carbons (Fsp3) is 0.778. The molecule has 0 fully saturated rings. The Labute approximate surface area is 109 Å². The first-order valence-electron chi connectivity index (χ1n) is 4.64. The third kappa shape index (κ3) is 7.98. The highest BCUT2D eigenvalue weighted by Crippen LogP contribution is 2.29. The Kier molecular flexibility index (Phi) is 9.82. The zero-order valence-corrected chi connectivity index (χ0v) is 11.9. The zero-order chi connectivity index (χ0) is 12.4. The van der Waals surface area contributed by atoms with Crippen LogP contribution < -0.4 is 0 Å². The minimum atomic E-state index is -0.721. The molecule has 0 rings (SSSR count). The van der Waals surface area contributed by atoms with Gasteiger partial charge in [0.15, 0.2) is 6.73 Å². The van der Waals surface area contributed by atoms with Crippen LogP contribution >= 0.6 is 33.8 Å². The van der Waals surface area contributed by atoms with Gasteiger partial charge in [0.2, 0.25) is 0 Å². The Bertz CT molecular complexity index is 254. The fourth-order valence-electron chi connectivity index (χ4n) is 0.758. The molecular weight excluding hydrogens is 266 g/mol. The monoisotopic (exact) mass is 281 g/mol. The molecule has 0 N–H and O–H groups in total. The second-order valence-electron chi connectivity index (χ2n) is 3.13. The van der Waals surface area contributed by atoms with Crippen molar-refractivity contribution < 1.29 is 14.3 Å². The highest BCUT2D eigenvalue weighted by atomic mass is 33.1. The van der Waals surface area contributed by atoms with Crippen molar-refractivity contribution in [2.45, 2.75) is 19.1 Å². The van der Waals surface area contributed by atoms with Crippen molar-refractivity contribution in [2.75, 3.05) is 19.6 Å². The summed E-state index contributed by atoms with van der Waals surface area (Å²) in [6, 6.07) is 0. The summed E-state index contributed by atoms with van der Waals surface area (Å²) >= 11 is 4.32. The molecule has 16 heavy (non-hydrogen) atoms. The standard InChI is InChI=1S/C9H15NO3S3/c1-7(2)8(16-15-3)4-12-9(11)13-5-10-6-14/h7-8H,4-5H2,1-3H3. The van der Waals surface area contributed by atoms with E-state index < -0.39 is 6.16 Å². The van der Waals surface area contributed by atoms with Crippen LogP contribution in [0.2, 0.25) is 0 Å². The largest absolute Gasteiger partial charge is 0.510 e. The molecule has 92 valence electrons. The summed E-state index contributed by atoms with van der Waals surface area (Å²) in [5, 5.41) is 2.36. The summed E-state index contributed by atoms with van der Waals surface area (Å²) in [4.78, 5) is 14.5. The Morgan fingerprint density at radius 3 is 2.69 bits per heavy atom. The molecule has 0 aliphatic carbocycles. The molecule has 4 nitrogen and oxygen atoms in total. The van der Waals surface area contributed by atoms with Gasteiger partial charge in [-0.15, -0.1) is 0 Å². The number of hydrogen-bond acceptors (Lipinski definition) is 7. The Balaban J connectivity index is 3.82. The Hall–Kier alpha value is -0.230. The summed E-state index contributed by atoms with van der Waals surface area (Å²) < 4.78 is 9.57. The lowest BCUT2D eigenvalue weighted by Gasteiger charge is -2.18. The predicted molar refractivity (Wildman–Crippen MR) is 72.1 cm³/mol. The van der Waals surface area contributed by atoms with Crippen LogP contribution in [0.5, 0.6) is 0 Å². The molecule has 0 aromatic heterocycles. The molecule has 0 saturated carbocycles. The molecule has 0 amide bonds. The number of thiocarbonyl (C=S) groups is 1. The minimum Gasteiger partial charge on any atom is -0.433 e. The van der Waals surface area contributed by atoms with Crippen molar-refractivity contribution in [3.05, 3.63) is 0 Å². The molecule has 7 heteroatoms. The normalized spacial score (nSPS) is 11.8. The zero-order valence-electron chi connectivity index (χ0n) is 9.47. The Morgan fingerprint density at radius 2 is 2.19 bits per heavy atom. The van der Waals surface area contributed by atoms with E-state index in [0.29, 0.717) is 12.5 Å². The molecule has 0 bridgehead atoms. The fourth-order valence-corrected chi connectivity index (χ4v) is 2.98. The van der Waals surface area contributed by atoms with Crippen LogP contribution in [0.4, 0.5) is 4.79 Å². The number of nitrogens with zero attached hydrogens (tertiary/aromatic N) is 1. The SMILES string of the molecule is CSSC(COC(=O)OCN=C=S)C(C)C. The van der Waals surface area contributed by atoms with Gasteiger partial charge in [-0.1, -0.05) is 35.4 Å². The molecule has 0 aromatic rings. The van der Waals surface area contributed by atoms with Crippen molar-refractivity contribution in [1.29, 1.82) is 0 Å². The number of carbonyl (C=O) groups excluding carboxylic acids is 1. The van der Waals surface area contributed by atoms with Gasteiger partial charge < -0.3 is 9.47 Å². The first-order valence-corrected chi connectivity index (χ1v) is 7.67. The van der Waals surface area contributed by atoms with Gasteiger partial charge in [-0.05, 0) is 24.4 Å². The maximum absolute atomic E-state index is 11.1. The molecular formula is C9H15NO3S3. The number of isothiocyanates is 1. The molecule has 0 aliphatic heterocycles. The van der Waals surface area contributed by atoms with E-state index in [-0.39, 0.29) is 12.0 Å². The van der Waals surface area contributed by atoms with Gasteiger partial charge in [0.25, 0.3) is 0 Å². The van der Waals surface area contributed by atoms with Crippen molar-refractivity contribution in [1.82, 2.24) is 0 Å². The predicted octanol–water partition coefficient (Wildman–Crippen LogP) is 3.24. The molecule has 0 aromatic carbocycles. The summed E-state index contributed by atoms with van der Waals surface area (Å²) in [7, 11) is 3.34. The van der Waals surface area contributed by atoms with Crippen LogP contribution in [-0.4, -0.2) is 36.2 Å². The average molecular weight is 281 g/mol. The van der Waals surface area contributed by atoms with Crippen LogP contribution in [0.25, 0.3) is 0 Å². The van der Waals surface area contributed by atoms with E-state index in [2.05, 4.69) is 41.0 Å². The van der Waals surface area contributed by atoms with Gasteiger partial charge in [-0.25, -0.2) is 4.79 Å². The first kappa shape index (κ1) is 15.8. The third-order valence-electron chi connectivity index (χ3n) is 1.64. The highest BCUT2D eigenvalue weighted by molar-refractivity contribution is 8.76. The van der Waals surface area contributed by atoms with Crippen LogP contribution in [0.15, 0.2) is 4.99 Å². The number of hydrogen-bond donors (Lipinski definition) is 0. The molecule has 1 atom stereocenters. The summed E-state index contributed by atoms with van der Waals surface area (Å²) in [6.45, 7) is 4.37. The molecule has 0 aliphatic rings. The van der Waals surface area contributed by atoms with E-state index in [4.69, 9.17) is 4.74 Å². The first-order chi connectivity index (χ1) is 7.61. The van der Waals surface area contributed by atoms with Gasteiger partial charge in [0, 0.05) is 0 Å². The summed E-state index contributed by atoms with van der Waals surface area (Å²) in [6.07, 6.45) is 1.27. The second-order valence-corrected chi connectivity index (χ2v) is 6.02. The van der Waals surface area contributed by atoms with Crippen molar-refractivity contribution >= 4 is 45.1 Å². The van der Waals surface area contributed by atoms with Crippen LogP contribution in [0.1, 0.15) is 13.8 Å². The van der Waals surface area contributed by atoms with Gasteiger partial charge >= 0.3 is 6.16 Å². The van der Waals surface area contributed by atoms with E-state index in [1.165, 1.54) is 0 Å². The number of aliphatic imine (C=N–C) groups is 1. The maximum Gasteiger partial charge on any atom is 0.510 e. The quantitative estimate of drug-likeness (QED) is 0.309. The molecule has 0 spiro atoms. The molecule has 0 radical (unpaired) electrons. The maximum atomic E-state index is 11.1. The highest BCUT2D eigenvalue weighted by Gasteiger charge is 2.16. The van der Waals surface area contributed by atoms with Gasteiger partial charge in [-0.3, -0.25) is 0 Å². The van der Waals surface area contributed by atoms with E-state index in [0.717, 1.165) is 0 Å². The summed E-state index contributed by atoms with van der Waals surface area (Å²) in [5.74, 6) is 0.434. The van der Waals surface area contributed by atoms with Crippen LogP contribution in [-0.2, 0) is 9.47 Å². The third-order valence-corrected chi connectivity index (χ3v) is 4.21. The van der Waals surface area contributed by atoms with E-state index in [9.17, 15) is 4.79 Å². The van der Waals surface area contributed by atoms with E-state index >= 15 is 0 Å². The van der Waals surface area contributed by atoms with Gasteiger partial charge in [0.1, 0.15) is 6.61 Å². The number of ether oxygens (including phenoxy) is 2. The molecule has 0 saturated heterocycles. The number of carbonyl (C=O) groups is 1. The smallest absolute Gasteiger partial charge is 0.433 e. The van der Waals surface area contributed by atoms with Crippen molar-refractivity contribution in [3.8, 4) is 0 Å².